The SMILES string of the molecule is CC(C)c1cnn2ccc(-c3nc(Nc4ccc(N5CCC(N(C)C)CC5=O)cn4)ncc3F)cc12. The van der Waals surface area contributed by atoms with Crippen LogP contribution in [0.4, 0.5) is 21.8 Å². The molecule has 1 aliphatic rings. The lowest BCUT2D eigenvalue weighted by Crippen LogP contribution is -2.45. The van der Waals surface area contributed by atoms with E-state index in [-0.39, 0.29) is 29.5 Å². The zero-order valence-corrected chi connectivity index (χ0v) is 20.8. The number of piperidine rings is 1. The van der Waals surface area contributed by atoms with Crippen LogP contribution in [0, 0.1) is 5.82 Å². The summed E-state index contributed by atoms with van der Waals surface area (Å²) in [6, 6.07) is 7.54. The Labute approximate surface area is 209 Å². The van der Waals surface area contributed by atoms with Crippen LogP contribution in [0.1, 0.15) is 38.2 Å². The molecular weight excluding hydrogens is 459 g/mol. The molecule has 0 aliphatic carbocycles. The highest BCUT2D eigenvalue weighted by molar-refractivity contribution is 5.94. The summed E-state index contributed by atoms with van der Waals surface area (Å²) in [6.45, 7) is 4.84. The highest BCUT2D eigenvalue weighted by atomic mass is 19.1. The fraction of sp³-hybridized carbons (Fsp3) is 0.346. The van der Waals surface area contributed by atoms with Crippen LogP contribution in [0.5, 0.6) is 0 Å². The minimum absolute atomic E-state index is 0.0877. The summed E-state index contributed by atoms with van der Waals surface area (Å²) >= 11 is 0. The van der Waals surface area contributed by atoms with Crippen LogP contribution in [-0.2, 0) is 4.79 Å². The monoisotopic (exact) mass is 488 g/mol. The zero-order chi connectivity index (χ0) is 25.4. The van der Waals surface area contributed by atoms with E-state index in [0.29, 0.717) is 24.3 Å². The summed E-state index contributed by atoms with van der Waals surface area (Å²) in [4.78, 5) is 29.4. The Balaban J connectivity index is 1.35. The van der Waals surface area contributed by atoms with Gasteiger partial charge in [-0.25, -0.2) is 23.9 Å². The number of aromatic nitrogens is 5. The quantitative estimate of drug-likeness (QED) is 0.434. The Kier molecular flexibility index (Phi) is 6.36. The highest BCUT2D eigenvalue weighted by Crippen LogP contribution is 2.28. The van der Waals surface area contributed by atoms with Gasteiger partial charge in [0.15, 0.2) is 5.82 Å². The lowest BCUT2D eigenvalue weighted by molar-refractivity contribution is -0.120. The Bertz CT molecular complexity index is 1400. The van der Waals surface area contributed by atoms with E-state index in [2.05, 4.69) is 44.1 Å². The number of hydrogen-bond donors (Lipinski definition) is 1. The summed E-state index contributed by atoms with van der Waals surface area (Å²) in [7, 11) is 4.00. The molecule has 0 radical (unpaired) electrons. The van der Waals surface area contributed by atoms with Crippen molar-refractivity contribution in [2.75, 3.05) is 30.9 Å². The fourth-order valence-electron chi connectivity index (χ4n) is 4.49. The van der Waals surface area contributed by atoms with Gasteiger partial charge in [0.2, 0.25) is 11.9 Å². The first-order valence-electron chi connectivity index (χ1n) is 12.0. The minimum Gasteiger partial charge on any atom is -0.311 e. The number of nitrogens with one attached hydrogen (secondary N) is 1. The third kappa shape index (κ3) is 4.64. The topological polar surface area (TPSA) is 91.6 Å². The fourth-order valence-corrected chi connectivity index (χ4v) is 4.49. The first-order chi connectivity index (χ1) is 17.3. The average molecular weight is 489 g/mol. The predicted molar refractivity (Wildman–Crippen MR) is 137 cm³/mol. The first kappa shape index (κ1) is 23.8. The largest absolute Gasteiger partial charge is 0.311 e. The predicted octanol–water partition coefficient (Wildman–Crippen LogP) is 4.25. The third-order valence-electron chi connectivity index (χ3n) is 6.62. The van der Waals surface area contributed by atoms with Crippen molar-refractivity contribution in [1.29, 1.82) is 0 Å². The second kappa shape index (κ2) is 9.62. The molecule has 4 aromatic rings. The van der Waals surface area contributed by atoms with E-state index in [4.69, 9.17) is 0 Å². The van der Waals surface area contributed by atoms with Gasteiger partial charge in [0.25, 0.3) is 0 Å². The lowest BCUT2D eigenvalue weighted by atomic mass is 10.0. The van der Waals surface area contributed by atoms with Crippen LogP contribution in [0.3, 0.4) is 0 Å². The van der Waals surface area contributed by atoms with Gasteiger partial charge in [-0.3, -0.25) is 4.79 Å². The number of rotatable bonds is 6. The summed E-state index contributed by atoms with van der Waals surface area (Å²) in [5, 5.41) is 7.41. The van der Waals surface area contributed by atoms with Crippen molar-refractivity contribution >= 4 is 28.9 Å². The first-order valence-corrected chi connectivity index (χ1v) is 12.0. The summed E-state index contributed by atoms with van der Waals surface area (Å²) < 4.78 is 16.5. The molecule has 0 spiro atoms. The minimum atomic E-state index is -0.515. The van der Waals surface area contributed by atoms with Gasteiger partial charge in [0, 0.05) is 36.3 Å². The van der Waals surface area contributed by atoms with E-state index in [1.807, 2.05) is 32.4 Å². The van der Waals surface area contributed by atoms with Gasteiger partial charge < -0.3 is 15.1 Å². The summed E-state index contributed by atoms with van der Waals surface area (Å²) in [5.41, 5.74) is 3.57. The second-order valence-corrected chi connectivity index (χ2v) is 9.57. The van der Waals surface area contributed by atoms with Crippen LogP contribution >= 0.6 is 0 Å². The molecule has 0 aromatic carbocycles. The van der Waals surface area contributed by atoms with E-state index in [1.165, 1.54) is 0 Å². The van der Waals surface area contributed by atoms with Gasteiger partial charge >= 0.3 is 0 Å². The van der Waals surface area contributed by atoms with Gasteiger partial charge in [-0.2, -0.15) is 5.10 Å². The van der Waals surface area contributed by atoms with E-state index >= 15 is 0 Å². The summed E-state index contributed by atoms with van der Waals surface area (Å²) in [6.07, 6.45) is 7.84. The van der Waals surface area contributed by atoms with Gasteiger partial charge in [0.1, 0.15) is 11.5 Å². The Morgan fingerprint density at radius 3 is 2.67 bits per heavy atom. The summed E-state index contributed by atoms with van der Waals surface area (Å²) in [5.74, 6) is 0.587. The molecule has 0 bridgehead atoms. The number of pyridine rings is 2. The van der Waals surface area contributed by atoms with Crippen molar-refractivity contribution in [3.63, 3.8) is 0 Å². The molecular formula is C26H29FN8O. The zero-order valence-electron chi connectivity index (χ0n) is 20.8. The highest BCUT2D eigenvalue weighted by Gasteiger charge is 2.28. The van der Waals surface area contributed by atoms with Gasteiger partial charge in [0.05, 0.1) is 29.8 Å². The van der Waals surface area contributed by atoms with Crippen molar-refractivity contribution in [2.45, 2.75) is 38.6 Å². The number of anilines is 3. The maximum absolute atomic E-state index is 14.7. The molecule has 1 amide bonds. The Morgan fingerprint density at radius 2 is 1.97 bits per heavy atom. The van der Waals surface area contributed by atoms with Crippen LogP contribution in [0.2, 0.25) is 0 Å². The number of carbonyl (C=O) groups is 1. The van der Waals surface area contributed by atoms with Crippen LogP contribution in [0.15, 0.2) is 49.1 Å². The number of nitrogens with zero attached hydrogens (tertiary/aromatic N) is 7. The van der Waals surface area contributed by atoms with E-state index in [1.54, 1.807) is 33.9 Å². The standard InChI is InChI=1S/C26H29FN8O/c1-16(2)20-14-30-35-10-7-17(11-22(20)35)25-21(27)15-29-26(32-25)31-23-6-5-19(13-28-23)34-9-8-18(33(3)4)12-24(34)36/h5-7,10-11,13-16,18H,8-9,12H2,1-4H3,(H,28,29,31,32). The van der Waals surface area contributed by atoms with Crippen molar-refractivity contribution in [3.8, 4) is 11.3 Å². The molecule has 1 unspecified atom stereocenters. The van der Waals surface area contributed by atoms with Crippen LogP contribution in [-0.4, -0.2) is 62.1 Å². The van der Waals surface area contributed by atoms with Gasteiger partial charge in [-0.1, -0.05) is 13.8 Å². The molecule has 1 atom stereocenters. The van der Waals surface area contributed by atoms with Crippen molar-refractivity contribution < 1.29 is 9.18 Å². The van der Waals surface area contributed by atoms with Gasteiger partial charge in [-0.15, -0.1) is 0 Å². The number of fused-ring (bicyclic) bond motifs is 1. The smallest absolute Gasteiger partial charge is 0.229 e. The number of halogens is 1. The molecule has 5 rings (SSSR count). The molecule has 186 valence electrons. The number of carbonyl (C=O) groups excluding carboxylic acids is 1. The molecule has 0 saturated carbocycles. The Morgan fingerprint density at radius 1 is 1.14 bits per heavy atom. The van der Waals surface area contributed by atoms with Crippen molar-refractivity contribution in [3.05, 3.63) is 60.4 Å². The molecule has 1 aliphatic heterocycles. The normalized spacial score (nSPS) is 16.4. The molecule has 1 N–H and O–H groups in total. The number of hydrogen-bond acceptors (Lipinski definition) is 7. The van der Waals surface area contributed by atoms with Crippen molar-refractivity contribution in [2.24, 2.45) is 0 Å². The maximum atomic E-state index is 14.7. The average Bonchev–Trinajstić information content (AvgIpc) is 3.29. The van der Waals surface area contributed by atoms with Crippen LogP contribution in [0.25, 0.3) is 16.8 Å². The lowest BCUT2D eigenvalue weighted by Gasteiger charge is -2.34. The molecule has 5 heterocycles. The van der Waals surface area contributed by atoms with Crippen LogP contribution < -0.4 is 10.2 Å². The Hall–Kier alpha value is -3.92. The van der Waals surface area contributed by atoms with Gasteiger partial charge in [-0.05, 0) is 50.7 Å². The van der Waals surface area contributed by atoms with Crippen molar-refractivity contribution in [1.82, 2.24) is 29.5 Å². The molecule has 10 heteroatoms. The molecule has 1 saturated heterocycles. The second-order valence-electron chi connectivity index (χ2n) is 9.57. The molecule has 9 nitrogen and oxygen atoms in total. The number of amides is 1. The maximum Gasteiger partial charge on any atom is 0.229 e. The van der Waals surface area contributed by atoms with E-state index in [0.717, 1.165) is 29.4 Å². The van der Waals surface area contributed by atoms with E-state index < -0.39 is 5.82 Å². The third-order valence-corrected chi connectivity index (χ3v) is 6.62. The molecule has 36 heavy (non-hydrogen) atoms. The molecule has 1 fully saturated rings. The van der Waals surface area contributed by atoms with E-state index in [9.17, 15) is 9.18 Å². The molecule has 4 aromatic heterocycles.